The van der Waals surface area contributed by atoms with E-state index >= 15 is 0 Å². The molecule has 0 bridgehead atoms. The molecule has 4 rings (SSSR count). The first-order valence-electron chi connectivity index (χ1n) is 10.9. The second-order valence-electron chi connectivity index (χ2n) is 8.55. The van der Waals surface area contributed by atoms with Crippen molar-refractivity contribution in [3.05, 3.63) is 65.2 Å². The van der Waals surface area contributed by atoms with E-state index in [1.54, 1.807) is 18.2 Å². The minimum atomic E-state index is -3.76. The average Bonchev–Trinajstić information content (AvgIpc) is 3.28. The van der Waals surface area contributed by atoms with Gasteiger partial charge in [-0.25, -0.2) is 8.42 Å². The monoisotopic (exact) mass is 442 g/mol. The summed E-state index contributed by atoms with van der Waals surface area (Å²) in [5, 5.41) is 3.07. The van der Waals surface area contributed by atoms with E-state index in [1.807, 2.05) is 0 Å². The molecule has 1 aliphatic carbocycles. The van der Waals surface area contributed by atoms with Gasteiger partial charge in [0.05, 0.1) is 23.7 Å². The summed E-state index contributed by atoms with van der Waals surface area (Å²) in [6, 6.07) is 15.0. The predicted molar refractivity (Wildman–Crippen MR) is 120 cm³/mol. The molecule has 1 heterocycles. The smallest absolute Gasteiger partial charge is 0.252 e. The van der Waals surface area contributed by atoms with Crippen LogP contribution in [-0.2, 0) is 20.2 Å². The lowest BCUT2D eigenvalue weighted by Gasteiger charge is -2.31. The molecule has 1 aliphatic heterocycles. The molecule has 2 fully saturated rings. The van der Waals surface area contributed by atoms with Crippen molar-refractivity contribution in [1.82, 2.24) is 9.62 Å². The van der Waals surface area contributed by atoms with Crippen molar-refractivity contribution >= 4 is 15.9 Å². The predicted octanol–water partition coefficient (Wildman–Crippen LogP) is 3.26. The summed E-state index contributed by atoms with van der Waals surface area (Å²) < 4.78 is 33.0. The van der Waals surface area contributed by atoms with Crippen molar-refractivity contribution in [1.29, 1.82) is 0 Å². The molecule has 1 amide bonds. The summed E-state index contributed by atoms with van der Waals surface area (Å²) in [5.41, 5.74) is 2.56. The van der Waals surface area contributed by atoms with Gasteiger partial charge in [-0.1, -0.05) is 54.8 Å². The van der Waals surface area contributed by atoms with Gasteiger partial charge < -0.3 is 10.1 Å². The first-order chi connectivity index (χ1) is 14.9. The molecule has 6 nitrogen and oxygen atoms in total. The highest BCUT2D eigenvalue weighted by Gasteiger charge is 2.37. The largest absolute Gasteiger partial charge is 0.379 e. The number of ether oxygens (including phenoxy) is 1. The molecule has 0 unspecified atom stereocenters. The Labute approximate surface area is 184 Å². The summed E-state index contributed by atoms with van der Waals surface area (Å²) in [5.74, 6) is -0.341. The van der Waals surface area contributed by atoms with Crippen LogP contribution >= 0.6 is 0 Å². The summed E-state index contributed by atoms with van der Waals surface area (Å²) in [4.78, 5) is 13.2. The maximum atomic E-state index is 13.2. The molecule has 0 aromatic heterocycles. The lowest BCUT2D eigenvalue weighted by molar-refractivity contribution is 0.0729. The molecule has 166 valence electrons. The van der Waals surface area contributed by atoms with Gasteiger partial charge in [0.2, 0.25) is 10.0 Å². The maximum absolute atomic E-state index is 13.2. The summed E-state index contributed by atoms with van der Waals surface area (Å²) in [7, 11) is -3.76. The van der Waals surface area contributed by atoms with Crippen LogP contribution in [0.25, 0.3) is 0 Å². The van der Waals surface area contributed by atoms with Crippen molar-refractivity contribution in [2.24, 2.45) is 0 Å². The van der Waals surface area contributed by atoms with Gasteiger partial charge in [-0.15, -0.1) is 0 Å². The van der Waals surface area contributed by atoms with Gasteiger partial charge in [-0.2, -0.15) is 4.31 Å². The highest BCUT2D eigenvalue weighted by Crippen LogP contribution is 2.41. The van der Waals surface area contributed by atoms with Gasteiger partial charge in [-0.05, 0) is 37.5 Å². The zero-order chi connectivity index (χ0) is 21.9. The molecular formula is C24H30N2O4S. The number of rotatable bonds is 6. The Morgan fingerprint density at radius 3 is 2.48 bits per heavy atom. The minimum absolute atomic E-state index is 0.0606. The van der Waals surface area contributed by atoms with Gasteiger partial charge in [0.15, 0.2) is 0 Å². The number of hydrogen-bond acceptors (Lipinski definition) is 4. The van der Waals surface area contributed by atoms with E-state index < -0.39 is 10.0 Å². The molecule has 1 N–H and O–H groups in total. The number of carbonyl (C=O) groups is 1. The van der Waals surface area contributed by atoms with Crippen molar-refractivity contribution in [3.63, 3.8) is 0 Å². The molecule has 0 radical (unpaired) electrons. The molecule has 0 spiro atoms. The van der Waals surface area contributed by atoms with Crippen molar-refractivity contribution in [2.75, 3.05) is 32.8 Å². The minimum Gasteiger partial charge on any atom is -0.379 e. The van der Waals surface area contributed by atoms with E-state index in [0.717, 1.165) is 25.7 Å². The molecule has 2 aromatic carbocycles. The molecule has 1 saturated heterocycles. The van der Waals surface area contributed by atoms with Crippen LogP contribution in [0, 0.1) is 6.92 Å². The summed E-state index contributed by atoms with van der Waals surface area (Å²) in [6.45, 7) is 3.92. The highest BCUT2D eigenvalue weighted by molar-refractivity contribution is 7.89. The van der Waals surface area contributed by atoms with E-state index in [-0.39, 0.29) is 21.8 Å². The van der Waals surface area contributed by atoms with Gasteiger partial charge in [0.1, 0.15) is 0 Å². The fraction of sp³-hybridized carbons (Fsp3) is 0.458. The number of benzene rings is 2. The second kappa shape index (κ2) is 9.10. The zero-order valence-electron chi connectivity index (χ0n) is 18.0. The third kappa shape index (κ3) is 4.54. The molecule has 2 aliphatic rings. The molecule has 1 saturated carbocycles. The molecule has 31 heavy (non-hydrogen) atoms. The van der Waals surface area contributed by atoms with E-state index in [2.05, 4.69) is 36.5 Å². The summed E-state index contributed by atoms with van der Waals surface area (Å²) >= 11 is 0. The number of aryl methyl sites for hydroxylation is 1. The number of sulfonamides is 1. The Kier molecular flexibility index (Phi) is 6.46. The van der Waals surface area contributed by atoms with E-state index in [9.17, 15) is 13.2 Å². The van der Waals surface area contributed by atoms with Crippen LogP contribution in [0.4, 0.5) is 0 Å². The number of morpholine rings is 1. The zero-order valence-corrected chi connectivity index (χ0v) is 18.8. The quantitative estimate of drug-likeness (QED) is 0.745. The Morgan fingerprint density at radius 1 is 1.06 bits per heavy atom. The Balaban J connectivity index is 1.57. The first kappa shape index (κ1) is 22.0. The molecule has 0 atom stereocenters. The lowest BCUT2D eigenvalue weighted by Crippen LogP contribution is -2.42. The number of nitrogens with zero attached hydrogens (tertiary/aromatic N) is 1. The number of hydrogen-bond donors (Lipinski definition) is 1. The van der Waals surface area contributed by atoms with Crippen LogP contribution in [0.2, 0.25) is 0 Å². The van der Waals surface area contributed by atoms with Crippen LogP contribution < -0.4 is 5.32 Å². The topological polar surface area (TPSA) is 75.7 Å². The third-order valence-corrected chi connectivity index (χ3v) is 8.45. The first-order valence-corrected chi connectivity index (χ1v) is 12.4. The standard InChI is InChI=1S/C24H30N2O4S/c1-19-7-6-8-20(17-19)24(11-4-5-12-24)18-25-23(27)21-9-2-3-10-22(21)31(28,29)26-13-15-30-16-14-26/h2-3,6-10,17H,4-5,11-16,18H2,1H3,(H,25,27). The second-order valence-corrected chi connectivity index (χ2v) is 10.5. The maximum Gasteiger partial charge on any atom is 0.252 e. The fourth-order valence-electron chi connectivity index (χ4n) is 4.74. The lowest BCUT2D eigenvalue weighted by atomic mass is 9.78. The number of carbonyl (C=O) groups excluding carboxylic acids is 1. The van der Waals surface area contributed by atoms with Gasteiger partial charge >= 0.3 is 0 Å². The van der Waals surface area contributed by atoms with Crippen LogP contribution in [-0.4, -0.2) is 51.5 Å². The number of nitrogens with one attached hydrogen (secondary N) is 1. The Morgan fingerprint density at radius 2 is 1.77 bits per heavy atom. The molecule has 2 aromatic rings. The van der Waals surface area contributed by atoms with E-state index in [1.165, 1.54) is 21.5 Å². The average molecular weight is 443 g/mol. The normalized spacial score (nSPS) is 19.3. The summed E-state index contributed by atoms with van der Waals surface area (Å²) in [6.07, 6.45) is 4.30. The van der Waals surface area contributed by atoms with Crippen LogP contribution in [0.5, 0.6) is 0 Å². The van der Waals surface area contributed by atoms with Crippen molar-refractivity contribution < 1.29 is 17.9 Å². The van der Waals surface area contributed by atoms with Crippen LogP contribution in [0.1, 0.15) is 47.2 Å². The third-order valence-electron chi connectivity index (χ3n) is 6.50. The van der Waals surface area contributed by atoms with Crippen LogP contribution in [0.3, 0.4) is 0 Å². The molecule has 7 heteroatoms. The molecular weight excluding hydrogens is 412 g/mol. The van der Waals surface area contributed by atoms with E-state index in [0.29, 0.717) is 32.8 Å². The Bertz CT molecular complexity index is 1040. The van der Waals surface area contributed by atoms with E-state index in [4.69, 9.17) is 4.74 Å². The van der Waals surface area contributed by atoms with Crippen LogP contribution in [0.15, 0.2) is 53.4 Å². The van der Waals surface area contributed by atoms with Crippen molar-refractivity contribution in [2.45, 2.75) is 42.9 Å². The number of amides is 1. The SMILES string of the molecule is Cc1cccc(C2(CNC(=O)c3ccccc3S(=O)(=O)N3CCOCC3)CCCC2)c1. The van der Waals surface area contributed by atoms with Gasteiger partial charge in [0, 0.05) is 25.0 Å². The van der Waals surface area contributed by atoms with Gasteiger partial charge in [-0.3, -0.25) is 4.79 Å². The Hall–Kier alpha value is -2.22. The fourth-order valence-corrected chi connectivity index (χ4v) is 6.34. The highest BCUT2D eigenvalue weighted by atomic mass is 32.2. The van der Waals surface area contributed by atoms with Gasteiger partial charge in [0.25, 0.3) is 5.91 Å². The van der Waals surface area contributed by atoms with Crippen molar-refractivity contribution in [3.8, 4) is 0 Å².